The van der Waals surface area contributed by atoms with Crippen molar-refractivity contribution in [2.24, 2.45) is 0 Å². The smallest absolute Gasteiger partial charge is 0.338 e. The van der Waals surface area contributed by atoms with Crippen molar-refractivity contribution in [1.82, 2.24) is 4.90 Å². The van der Waals surface area contributed by atoms with Gasteiger partial charge in [0.1, 0.15) is 0 Å². The first-order valence-corrected chi connectivity index (χ1v) is 11.2. The van der Waals surface area contributed by atoms with Crippen molar-refractivity contribution in [2.45, 2.75) is 91.5 Å². The van der Waals surface area contributed by atoms with Gasteiger partial charge >= 0.3 is 5.97 Å². The quantitative estimate of drug-likeness (QED) is 0.240. The number of rotatable bonds is 16. The van der Waals surface area contributed by atoms with Gasteiger partial charge in [0.25, 0.3) is 0 Å². The normalized spacial score (nSPS) is 11.1. The van der Waals surface area contributed by atoms with Crippen LogP contribution < -0.4 is 0 Å². The standard InChI is InChI=1S/C24H41NO2/c1-4-7-8-9-10-11-12-13-14-15-20-27-24(26)23-18-16-22(17-19-23)21-25(5-2)6-3/h16-19H,4-15,20-21H2,1-3H3. The van der Waals surface area contributed by atoms with Gasteiger partial charge in [-0.2, -0.15) is 0 Å². The number of benzene rings is 1. The molecule has 0 N–H and O–H groups in total. The van der Waals surface area contributed by atoms with E-state index in [1.165, 1.54) is 56.9 Å². The number of unbranched alkanes of at least 4 members (excludes halogenated alkanes) is 9. The van der Waals surface area contributed by atoms with Crippen molar-refractivity contribution in [3.05, 3.63) is 35.4 Å². The zero-order valence-corrected chi connectivity index (χ0v) is 18.0. The molecule has 0 fully saturated rings. The molecule has 1 aromatic rings. The summed E-state index contributed by atoms with van der Waals surface area (Å²) in [5, 5.41) is 0. The van der Waals surface area contributed by atoms with Crippen molar-refractivity contribution in [1.29, 1.82) is 0 Å². The molecule has 0 aliphatic rings. The molecular weight excluding hydrogens is 334 g/mol. The van der Waals surface area contributed by atoms with Crippen LogP contribution in [0.15, 0.2) is 24.3 Å². The lowest BCUT2D eigenvalue weighted by Crippen LogP contribution is -2.22. The van der Waals surface area contributed by atoms with Crippen LogP contribution in [0.1, 0.15) is 101 Å². The molecule has 0 spiro atoms. The number of hydrogen-bond donors (Lipinski definition) is 0. The van der Waals surface area contributed by atoms with Crippen LogP contribution >= 0.6 is 0 Å². The number of carbonyl (C=O) groups excluding carboxylic acids is 1. The van der Waals surface area contributed by atoms with Gasteiger partial charge in [0.05, 0.1) is 12.2 Å². The highest BCUT2D eigenvalue weighted by molar-refractivity contribution is 5.89. The van der Waals surface area contributed by atoms with E-state index in [0.717, 1.165) is 32.5 Å². The number of carbonyl (C=O) groups is 1. The van der Waals surface area contributed by atoms with E-state index in [0.29, 0.717) is 12.2 Å². The Morgan fingerprint density at radius 3 is 1.81 bits per heavy atom. The summed E-state index contributed by atoms with van der Waals surface area (Å²) in [5.41, 5.74) is 1.90. The molecule has 0 atom stereocenters. The molecule has 0 bridgehead atoms. The highest BCUT2D eigenvalue weighted by atomic mass is 16.5. The summed E-state index contributed by atoms with van der Waals surface area (Å²) in [5.74, 6) is -0.194. The number of esters is 1. The van der Waals surface area contributed by atoms with Gasteiger partial charge in [-0.1, -0.05) is 90.7 Å². The fourth-order valence-corrected chi connectivity index (χ4v) is 3.29. The summed E-state index contributed by atoms with van der Waals surface area (Å²) in [6, 6.07) is 7.85. The Balaban J connectivity index is 2.09. The zero-order valence-electron chi connectivity index (χ0n) is 18.0. The molecule has 3 nitrogen and oxygen atoms in total. The van der Waals surface area contributed by atoms with E-state index in [9.17, 15) is 4.79 Å². The van der Waals surface area contributed by atoms with Gasteiger partial charge in [-0.3, -0.25) is 4.90 Å². The Labute approximate surface area is 167 Å². The second kappa shape index (κ2) is 15.7. The molecule has 0 heterocycles. The van der Waals surface area contributed by atoms with E-state index in [2.05, 4.69) is 25.7 Å². The molecular formula is C24H41NO2. The SMILES string of the molecule is CCCCCCCCCCCCOC(=O)c1ccc(CN(CC)CC)cc1. The van der Waals surface area contributed by atoms with Gasteiger partial charge in [0.15, 0.2) is 0 Å². The maximum Gasteiger partial charge on any atom is 0.338 e. The predicted molar refractivity (Wildman–Crippen MR) is 115 cm³/mol. The van der Waals surface area contributed by atoms with Gasteiger partial charge in [-0.05, 0) is 37.2 Å². The number of ether oxygens (including phenoxy) is 1. The Kier molecular flexibility index (Phi) is 13.8. The molecule has 0 saturated heterocycles. The molecule has 3 heteroatoms. The van der Waals surface area contributed by atoms with Crippen LogP contribution in [0.5, 0.6) is 0 Å². The van der Waals surface area contributed by atoms with E-state index >= 15 is 0 Å². The van der Waals surface area contributed by atoms with E-state index in [-0.39, 0.29) is 5.97 Å². The summed E-state index contributed by atoms with van der Waals surface area (Å²) in [6.07, 6.45) is 12.9. The maximum atomic E-state index is 12.1. The summed E-state index contributed by atoms with van der Waals surface area (Å²) >= 11 is 0. The van der Waals surface area contributed by atoms with Crippen LogP contribution in [0.4, 0.5) is 0 Å². The first kappa shape index (κ1) is 23.7. The Morgan fingerprint density at radius 2 is 1.30 bits per heavy atom. The maximum absolute atomic E-state index is 12.1. The number of hydrogen-bond acceptors (Lipinski definition) is 3. The third kappa shape index (κ3) is 11.2. The van der Waals surface area contributed by atoms with Crippen molar-refractivity contribution in [3.63, 3.8) is 0 Å². The summed E-state index contributed by atoms with van der Waals surface area (Å²) in [4.78, 5) is 14.5. The lowest BCUT2D eigenvalue weighted by atomic mass is 10.1. The number of nitrogens with zero attached hydrogens (tertiary/aromatic N) is 1. The van der Waals surface area contributed by atoms with Crippen molar-refractivity contribution < 1.29 is 9.53 Å². The van der Waals surface area contributed by atoms with Crippen LogP contribution in [-0.2, 0) is 11.3 Å². The second-order valence-electron chi connectivity index (χ2n) is 7.48. The lowest BCUT2D eigenvalue weighted by molar-refractivity contribution is 0.0497. The molecule has 0 aliphatic carbocycles. The zero-order chi connectivity index (χ0) is 19.7. The second-order valence-corrected chi connectivity index (χ2v) is 7.48. The minimum atomic E-state index is -0.194. The van der Waals surface area contributed by atoms with Crippen LogP contribution in [0.2, 0.25) is 0 Å². The van der Waals surface area contributed by atoms with Crippen LogP contribution in [0, 0.1) is 0 Å². The predicted octanol–water partition coefficient (Wildman–Crippen LogP) is 6.61. The van der Waals surface area contributed by atoms with Crippen molar-refractivity contribution >= 4 is 5.97 Å². The molecule has 0 unspecified atom stereocenters. The average molecular weight is 376 g/mol. The minimum Gasteiger partial charge on any atom is -0.462 e. The fraction of sp³-hybridized carbons (Fsp3) is 0.708. The molecule has 154 valence electrons. The summed E-state index contributed by atoms with van der Waals surface area (Å²) in [6.45, 7) is 10.1. The highest BCUT2D eigenvalue weighted by Gasteiger charge is 2.07. The van der Waals surface area contributed by atoms with Gasteiger partial charge in [0.2, 0.25) is 0 Å². The van der Waals surface area contributed by atoms with E-state index in [4.69, 9.17) is 4.74 Å². The molecule has 0 amide bonds. The van der Waals surface area contributed by atoms with Gasteiger partial charge in [-0.15, -0.1) is 0 Å². The first-order chi connectivity index (χ1) is 13.2. The Hall–Kier alpha value is -1.35. The molecule has 0 aliphatic heterocycles. The van der Waals surface area contributed by atoms with E-state index in [1.54, 1.807) is 0 Å². The summed E-state index contributed by atoms with van der Waals surface area (Å²) in [7, 11) is 0. The van der Waals surface area contributed by atoms with Crippen molar-refractivity contribution in [3.8, 4) is 0 Å². The molecule has 0 aromatic heterocycles. The molecule has 0 saturated carbocycles. The topological polar surface area (TPSA) is 29.5 Å². The molecule has 27 heavy (non-hydrogen) atoms. The van der Waals surface area contributed by atoms with Crippen LogP contribution in [0.3, 0.4) is 0 Å². The van der Waals surface area contributed by atoms with E-state index < -0.39 is 0 Å². The minimum absolute atomic E-state index is 0.194. The van der Waals surface area contributed by atoms with Gasteiger partial charge < -0.3 is 4.74 Å². The Morgan fingerprint density at radius 1 is 0.778 bits per heavy atom. The van der Waals surface area contributed by atoms with Crippen molar-refractivity contribution in [2.75, 3.05) is 19.7 Å². The third-order valence-electron chi connectivity index (χ3n) is 5.22. The van der Waals surface area contributed by atoms with Crippen LogP contribution in [0.25, 0.3) is 0 Å². The van der Waals surface area contributed by atoms with E-state index in [1.807, 2.05) is 24.3 Å². The lowest BCUT2D eigenvalue weighted by Gasteiger charge is -2.17. The highest BCUT2D eigenvalue weighted by Crippen LogP contribution is 2.12. The Bertz CT molecular complexity index is 480. The molecule has 1 aromatic carbocycles. The average Bonchev–Trinajstić information content (AvgIpc) is 2.70. The van der Waals surface area contributed by atoms with Crippen LogP contribution in [-0.4, -0.2) is 30.6 Å². The first-order valence-electron chi connectivity index (χ1n) is 11.2. The monoisotopic (exact) mass is 375 g/mol. The molecule has 1 rings (SSSR count). The van der Waals surface area contributed by atoms with Gasteiger partial charge in [-0.25, -0.2) is 4.79 Å². The third-order valence-corrected chi connectivity index (χ3v) is 5.22. The molecule has 0 radical (unpaired) electrons. The van der Waals surface area contributed by atoms with Gasteiger partial charge in [0, 0.05) is 6.54 Å². The fourth-order valence-electron chi connectivity index (χ4n) is 3.29. The largest absolute Gasteiger partial charge is 0.462 e. The summed E-state index contributed by atoms with van der Waals surface area (Å²) < 4.78 is 5.41.